The predicted molar refractivity (Wildman–Crippen MR) is 68.8 cm³/mol. The quantitative estimate of drug-likeness (QED) is 0.585. The number of anilines is 1. The summed E-state index contributed by atoms with van der Waals surface area (Å²) in [6.45, 7) is 1.27. The minimum absolute atomic E-state index is 0.00599. The van der Waals surface area contributed by atoms with Gasteiger partial charge in [-0.2, -0.15) is 0 Å². The van der Waals surface area contributed by atoms with Crippen molar-refractivity contribution in [2.45, 2.75) is 18.9 Å². The number of pyridine rings is 1. The lowest BCUT2D eigenvalue weighted by Crippen LogP contribution is -2.44. The van der Waals surface area contributed by atoms with Gasteiger partial charge in [-0.15, -0.1) is 0 Å². The molecule has 8 nitrogen and oxygen atoms in total. The fraction of sp³-hybridized carbons (Fsp3) is 0.455. The zero-order valence-electron chi connectivity index (χ0n) is 10.3. The molecule has 0 spiro atoms. The topological polar surface area (TPSA) is 128 Å². The van der Waals surface area contributed by atoms with Gasteiger partial charge >= 0.3 is 0 Å². The molecule has 0 aliphatic carbocycles. The summed E-state index contributed by atoms with van der Waals surface area (Å²) in [7, 11) is 0. The Morgan fingerprint density at radius 1 is 1.58 bits per heavy atom. The van der Waals surface area contributed by atoms with Crippen LogP contribution < -0.4 is 16.4 Å². The highest BCUT2D eigenvalue weighted by atomic mass is 16.6. The third kappa shape index (κ3) is 2.79. The van der Waals surface area contributed by atoms with Gasteiger partial charge in [-0.1, -0.05) is 0 Å². The molecule has 0 bridgehead atoms. The normalized spacial score (nSPS) is 19.2. The maximum absolute atomic E-state index is 11.4. The lowest BCUT2D eigenvalue weighted by atomic mass is 10.1. The third-order valence-corrected chi connectivity index (χ3v) is 3.09. The Labute approximate surface area is 109 Å². The summed E-state index contributed by atoms with van der Waals surface area (Å²) in [4.78, 5) is 27.4. The van der Waals surface area contributed by atoms with Crippen molar-refractivity contribution >= 4 is 17.4 Å². The number of hydrogen-bond acceptors (Lipinski definition) is 6. The second kappa shape index (κ2) is 5.19. The average molecular weight is 265 g/mol. The molecule has 0 saturated carbocycles. The number of amides is 1. The Bertz CT molecular complexity index is 519. The van der Waals surface area contributed by atoms with E-state index >= 15 is 0 Å². The summed E-state index contributed by atoms with van der Waals surface area (Å²) in [6.07, 6.45) is 2.93. The SMILES string of the molecule is NC(=O)c1cc([N+](=O)[O-])cnc1N1CCCC(N)C1. The van der Waals surface area contributed by atoms with Gasteiger partial charge in [0.05, 0.1) is 10.5 Å². The van der Waals surface area contributed by atoms with E-state index < -0.39 is 10.8 Å². The van der Waals surface area contributed by atoms with E-state index in [0.717, 1.165) is 25.1 Å². The summed E-state index contributed by atoms with van der Waals surface area (Å²) in [5, 5.41) is 10.7. The summed E-state index contributed by atoms with van der Waals surface area (Å²) in [6, 6.07) is 1.16. The lowest BCUT2D eigenvalue weighted by Gasteiger charge is -2.32. The van der Waals surface area contributed by atoms with Gasteiger partial charge in [0.15, 0.2) is 0 Å². The van der Waals surface area contributed by atoms with E-state index in [2.05, 4.69) is 4.98 Å². The van der Waals surface area contributed by atoms with E-state index in [0.29, 0.717) is 18.9 Å². The standard InChI is InChI=1S/C11H15N5O3/c12-7-2-1-3-15(6-7)11-9(10(13)17)4-8(5-14-11)16(18)19/h4-5,7H,1-3,6,12H2,(H2,13,17). The van der Waals surface area contributed by atoms with Gasteiger partial charge in [0.1, 0.15) is 12.0 Å². The van der Waals surface area contributed by atoms with Crippen molar-refractivity contribution in [2.24, 2.45) is 11.5 Å². The molecule has 1 aromatic heterocycles. The van der Waals surface area contributed by atoms with E-state index in [1.165, 1.54) is 0 Å². The Hall–Kier alpha value is -2.22. The Morgan fingerprint density at radius 3 is 2.89 bits per heavy atom. The number of piperidine rings is 1. The molecule has 1 unspecified atom stereocenters. The number of nitrogens with zero attached hydrogens (tertiary/aromatic N) is 3. The molecule has 4 N–H and O–H groups in total. The van der Waals surface area contributed by atoms with E-state index in [1.807, 2.05) is 4.90 Å². The van der Waals surface area contributed by atoms with Gasteiger partial charge in [0, 0.05) is 25.2 Å². The first-order valence-electron chi connectivity index (χ1n) is 5.94. The van der Waals surface area contributed by atoms with Crippen molar-refractivity contribution in [1.82, 2.24) is 4.98 Å². The first kappa shape index (κ1) is 13.2. The van der Waals surface area contributed by atoms with E-state index in [1.54, 1.807) is 0 Å². The number of hydrogen-bond donors (Lipinski definition) is 2. The van der Waals surface area contributed by atoms with Crippen LogP contribution in [0.1, 0.15) is 23.2 Å². The fourth-order valence-corrected chi connectivity index (χ4v) is 2.18. The summed E-state index contributed by atoms with van der Waals surface area (Å²) >= 11 is 0. The van der Waals surface area contributed by atoms with Gasteiger partial charge in [-0.3, -0.25) is 14.9 Å². The number of carbonyl (C=O) groups excluding carboxylic acids is 1. The molecule has 1 aromatic rings. The van der Waals surface area contributed by atoms with Crippen LogP contribution in [0.3, 0.4) is 0 Å². The zero-order chi connectivity index (χ0) is 14.0. The van der Waals surface area contributed by atoms with Crippen molar-refractivity contribution in [3.8, 4) is 0 Å². The highest BCUT2D eigenvalue weighted by Crippen LogP contribution is 2.24. The maximum Gasteiger partial charge on any atom is 0.288 e. The second-order valence-electron chi connectivity index (χ2n) is 4.53. The number of nitrogens with two attached hydrogens (primary N) is 2. The Balaban J connectivity index is 2.38. The number of primary amides is 1. The molecule has 8 heteroatoms. The van der Waals surface area contributed by atoms with Crippen LogP contribution in [0.15, 0.2) is 12.3 Å². The molecule has 102 valence electrons. The van der Waals surface area contributed by atoms with Gasteiger partial charge in [0.2, 0.25) is 0 Å². The smallest absolute Gasteiger partial charge is 0.288 e. The average Bonchev–Trinajstić information content (AvgIpc) is 2.37. The van der Waals surface area contributed by atoms with Crippen LogP contribution in [-0.4, -0.2) is 34.9 Å². The first-order valence-corrected chi connectivity index (χ1v) is 5.94. The fourth-order valence-electron chi connectivity index (χ4n) is 2.18. The number of aromatic nitrogens is 1. The highest BCUT2D eigenvalue weighted by molar-refractivity contribution is 5.98. The monoisotopic (exact) mass is 265 g/mol. The maximum atomic E-state index is 11.4. The van der Waals surface area contributed by atoms with Crippen LogP contribution >= 0.6 is 0 Å². The summed E-state index contributed by atoms with van der Waals surface area (Å²) in [5.74, 6) is -0.362. The number of carbonyl (C=O) groups is 1. The van der Waals surface area contributed by atoms with Crippen LogP contribution in [0.4, 0.5) is 11.5 Å². The predicted octanol–water partition coefficient (Wildman–Crippen LogP) is 0.0162. The van der Waals surface area contributed by atoms with E-state index in [4.69, 9.17) is 11.5 Å². The third-order valence-electron chi connectivity index (χ3n) is 3.09. The molecule has 1 amide bonds. The first-order chi connectivity index (χ1) is 8.99. The minimum Gasteiger partial charge on any atom is -0.365 e. The molecule has 0 aromatic carbocycles. The molecule has 0 radical (unpaired) electrons. The van der Waals surface area contributed by atoms with Crippen molar-refractivity contribution in [3.05, 3.63) is 27.9 Å². The van der Waals surface area contributed by atoms with Gasteiger partial charge in [-0.05, 0) is 12.8 Å². The summed E-state index contributed by atoms with van der Waals surface area (Å²) < 4.78 is 0. The lowest BCUT2D eigenvalue weighted by molar-refractivity contribution is -0.385. The van der Waals surface area contributed by atoms with Crippen molar-refractivity contribution < 1.29 is 9.72 Å². The van der Waals surface area contributed by atoms with E-state index in [-0.39, 0.29) is 17.3 Å². The van der Waals surface area contributed by atoms with Crippen LogP contribution in [0, 0.1) is 10.1 Å². The molecule has 1 aliphatic rings. The Morgan fingerprint density at radius 2 is 2.32 bits per heavy atom. The number of rotatable bonds is 3. The van der Waals surface area contributed by atoms with Crippen LogP contribution in [0.25, 0.3) is 0 Å². The molecule has 1 atom stereocenters. The zero-order valence-corrected chi connectivity index (χ0v) is 10.3. The molecular weight excluding hydrogens is 250 g/mol. The second-order valence-corrected chi connectivity index (χ2v) is 4.53. The highest BCUT2D eigenvalue weighted by Gasteiger charge is 2.24. The van der Waals surface area contributed by atoms with E-state index in [9.17, 15) is 14.9 Å². The minimum atomic E-state index is -0.731. The Kier molecular flexibility index (Phi) is 3.61. The molecule has 19 heavy (non-hydrogen) atoms. The molecule has 1 fully saturated rings. The van der Waals surface area contributed by atoms with Gasteiger partial charge in [-0.25, -0.2) is 4.98 Å². The van der Waals surface area contributed by atoms with Gasteiger partial charge in [0.25, 0.3) is 11.6 Å². The van der Waals surface area contributed by atoms with Crippen molar-refractivity contribution in [2.75, 3.05) is 18.0 Å². The largest absolute Gasteiger partial charge is 0.365 e. The molecule has 1 aliphatic heterocycles. The molecule has 1 saturated heterocycles. The molecule has 2 rings (SSSR count). The summed E-state index contributed by atoms with van der Waals surface area (Å²) in [5.41, 5.74) is 10.9. The van der Waals surface area contributed by atoms with Crippen molar-refractivity contribution in [1.29, 1.82) is 0 Å². The molecular formula is C11H15N5O3. The van der Waals surface area contributed by atoms with Gasteiger partial charge < -0.3 is 16.4 Å². The van der Waals surface area contributed by atoms with Crippen molar-refractivity contribution in [3.63, 3.8) is 0 Å². The van der Waals surface area contributed by atoms with Crippen LogP contribution in [-0.2, 0) is 0 Å². The molecule has 2 heterocycles. The number of nitro groups is 1. The van der Waals surface area contributed by atoms with Crippen LogP contribution in [0.5, 0.6) is 0 Å². The van der Waals surface area contributed by atoms with Crippen LogP contribution in [0.2, 0.25) is 0 Å².